The highest BCUT2D eigenvalue weighted by Gasteiger charge is 2.05. The Kier molecular flexibility index (Phi) is 2.48. The second-order valence-corrected chi connectivity index (χ2v) is 4.53. The Morgan fingerprint density at radius 2 is 2.11 bits per heavy atom. The molecule has 5 heteroatoms. The molecule has 0 aliphatic heterocycles. The van der Waals surface area contributed by atoms with Crippen molar-refractivity contribution in [1.29, 1.82) is 0 Å². The van der Waals surface area contributed by atoms with Crippen LogP contribution in [0.1, 0.15) is 5.69 Å². The van der Waals surface area contributed by atoms with E-state index in [4.69, 9.17) is 12.2 Å². The van der Waals surface area contributed by atoms with E-state index in [-0.39, 0.29) is 5.82 Å². The number of H-pyrrole nitrogens is 1. The van der Waals surface area contributed by atoms with Crippen LogP contribution in [0, 0.1) is 17.4 Å². The zero-order valence-corrected chi connectivity index (χ0v) is 10.5. The van der Waals surface area contributed by atoms with Crippen LogP contribution in [0.4, 0.5) is 4.39 Å². The van der Waals surface area contributed by atoms with Crippen molar-refractivity contribution >= 4 is 17.9 Å². The molecule has 3 rings (SSSR count). The van der Waals surface area contributed by atoms with Gasteiger partial charge in [0.25, 0.3) is 0 Å². The van der Waals surface area contributed by atoms with Crippen molar-refractivity contribution in [2.24, 2.45) is 0 Å². The van der Waals surface area contributed by atoms with Crippen molar-refractivity contribution in [3.05, 3.63) is 52.5 Å². The lowest BCUT2D eigenvalue weighted by Crippen LogP contribution is -1.93. The van der Waals surface area contributed by atoms with Crippen LogP contribution in [0.2, 0.25) is 0 Å². The lowest BCUT2D eigenvalue weighted by atomic mass is 10.1. The first-order valence-electron chi connectivity index (χ1n) is 5.49. The highest BCUT2D eigenvalue weighted by molar-refractivity contribution is 7.71. The Morgan fingerprint density at radius 3 is 2.89 bits per heavy atom. The monoisotopic (exact) mass is 259 g/mol. The highest BCUT2D eigenvalue weighted by atomic mass is 32.1. The number of nitrogens with zero attached hydrogens (tertiary/aromatic N) is 2. The minimum Gasteiger partial charge on any atom is -0.291 e. The number of hydrogen-bond donors (Lipinski definition) is 1. The van der Waals surface area contributed by atoms with Gasteiger partial charge in [-0.15, -0.1) is 0 Å². The van der Waals surface area contributed by atoms with Crippen molar-refractivity contribution in [3.63, 3.8) is 0 Å². The fourth-order valence-corrected chi connectivity index (χ4v) is 2.22. The fourth-order valence-electron chi connectivity index (χ4n) is 1.91. The molecule has 1 N–H and O–H groups in total. The maximum Gasteiger partial charge on any atom is 0.155 e. The van der Waals surface area contributed by atoms with E-state index in [0.29, 0.717) is 4.64 Å². The molecule has 0 radical (unpaired) electrons. The van der Waals surface area contributed by atoms with Gasteiger partial charge in [0.15, 0.2) is 5.65 Å². The van der Waals surface area contributed by atoms with Crippen molar-refractivity contribution in [2.75, 3.05) is 0 Å². The third-order valence-electron chi connectivity index (χ3n) is 2.71. The third-order valence-corrected chi connectivity index (χ3v) is 3.01. The average Bonchev–Trinajstić information content (AvgIpc) is 2.73. The summed E-state index contributed by atoms with van der Waals surface area (Å²) in [6, 6.07) is 10.1. The summed E-state index contributed by atoms with van der Waals surface area (Å²) in [5.74, 6) is -0.265. The molecule has 3 aromatic rings. The summed E-state index contributed by atoms with van der Waals surface area (Å²) in [4.78, 5) is 4.38. The molecule has 0 bridgehead atoms. The number of benzene rings is 1. The molecule has 0 spiro atoms. The molecule has 3 nitrogen and oxygen atoms in total. The van der Waals surface area contributed by atoms with Gasteiger partial charge in [-0.1, -0.05) is 24.4 Å². The Balaban J connectivity index is 2.26. The number of fused-ring (bicyclic) bond motifs is 1. The Bertz CT molecular complexity index is 788. The average molecular weight is 259 g/mol. The minimum absolute atomic E-state index is 0.265. The van der Waals surface area contributed by atoms with Gasteiger partial charge in [0.1, 0.15) is 10.5 Å². The molecule has 0 saturated carbocycles. The Morgan fingerprint density at radius 1 is 1.28 bits per heavy atom. The van der Waals surface area contributed by atoms with Gasteiger partial charge in [-0.2, -0.15) is 0 Å². The minimum atomic E-state index is -0.265. The van der Waals surface area contributed by atoms with E-state index in [1.807, 2.05) is 25.1 Å². The van der Waals surface area contributed by atoms with E-state index in [1.165, 1.54) is 12.1 Å². The van der Waals surface area contributed by atoms with E-state index in [0.717, 1.165) is 22.6 Å². The SMILES string of the molecule is Cc1cc(=S)n2[nH]c(-c3cccc(F)c3)cc2n1. The maximum absolute atomic E-state index is 13.2. The zero-order valence-electron chi connectivity index (χ0n) is 9.64. The fraction of sp³-hybridized carbons (Fsp3) is 0.0769. The molecule has 0 unspecified atom stereocenters. The van der Waals surface area contributed by atoms with Crippen molar-refractivity contribution in [1.82, 2.24) is 14.6 Å². The first kappa shape index (κ1) is 11.1. The number of halogens is 1. The molecule has 0 amide bonds. The van der Waals surface area contributed by atoms with Gasteiger partial charge in [-0.05, 0) is 25.1 Å². The standard InChI is InChI=1S/C13H10FN3S/c1-8-5-13(18)17-12(15-8)7-11(16-17)9-3-2-4-10(14)6-9/h2-7,16H,1H3. The molecule has 18 heavy (non-hydrogen) atoms. The van der Waals surface area contributed by atoms with Gasteiger partial charge in [0, 0.05) is 17.3 Å². The van der Waals surface area contributed by atoms with Crippen LogP contribution >= 0.6 is 12.2 Å². The molecule has 2 heterocycles. The van der Waals surface area contributed by atoms with Gasteiger partial charge in [0.05, 0.1) is 5.69 Å². The molecule has 0 aliphatic carbocycles. The number of nitrogens with one attached hydrogen (secondary N) is 1. The number of aromatic amines is 1. The molecular weight excluding hydrogens is 249 g/mol. The van der Waals surface area contributed by atoms with E-state index in [2.05, 4.69) is 10.1 Å². The molecular formula is C13H10FN3S. The molecule has 0 atom stereocenters. The number of aryl methyl sites for hydroxylation is 1. The summed E-state index contributed by atoms with van der Waals surface area (Å²) in [6.45, 7) is 1.89. The molecule has 0 aliphatic rings. The van der Waals surface area contributed by atoms with Crippen LogP contribution in [-0.2, 0) is 0 Å². The normalized spacial score (nSPS) is 11.0. The summed E-state index contributed by atoms with van der Waals surface area (Å²) < 4.78 is 15.6. The van der Waals surface area contributed by atoms with Gasteiger partial charge in [-0.3, -0.25) is 5.10 Å². The third kappa shape index (κ3) is 1.82. The zero-order chi connectivity index (χ0) is 12.7. The van der Waals surface area contributed by atoms with Crippen LogP contribution in [0.15, 0.2) is 36.4 Å². The summed E-state index contributed by atoms with van der Waals surface area (Å²) in [6.07, 6.45) is 0. The molecule has 2 aromatic heterocycles. The quantitative estimate of drug-likeness (QED) is 0.678. The number of hydrogen-bond acceptors (Lipinski definition) is 2. The maximum atomic E-state index is 13.2. The van der Waals surface area contributed by atoms with Gasteiger partial charge in [0.2, 0.25) is 0 Å². The molecule has 0 fully saturated rings. The van der Waals surface area contributed by atoms with E-state index < -0.39 is 0 Å². The van der Waals surface area contributed by atoms with Crippen molar-refractivity contribution in [3.8, 4) is 11.3 Å². The lowest BCUT2D eigenvalue weighted by molar-refractivity contribution is 0.628. The number of aromatic nitrogens is 3. The molecule has 1 aromatic carbocycles. The summed E-state index contributed by atoms with van der Waals surface area (Å²) >= 11 is 5.25. The largest absolute Gasteiger partial charge is 0.291 e. The first-order valence-corrected chi connectivity index (χ1v) is 5.90. The summed E-state index contributed by atoms with van der Waals surface area (Å²) in [5, 5.41) is 3.12. The van der Waals surface area contributed by atoms with Crippen molar-refractivity contribution in [2.45, 2.75) is 6.92 Å². The predicted molar refractivity (Wildman–Crippen MR) is 70.5 cm³/mol. The van der Waals surface area contributed by atoms with Crippen LogP contribution in [0.25, 0.3) is 16.9 Å². The second-order valence-electron chi connectivity index (χ2n) is 4.11. The van der Waals surface area contributed by atoms with Crippen LogP contribution in [0.3, 0.4) is 0 Å². The van der Waals surface area contributed by atoms with E-state index >= 15 is 0 Å². The smallest absolute Gasteiger partial charge is 0.155 e. The second kappa shape index (κ2) is 4.03. The van der Waals surface area contributed by atoms with Crippen molar-refractivity contribution < 1.29 is 4.39 Å². The van der Waals surface area contributed by atoms with E-state index in [9.17, 15) is 4.39 Å². The Hall–Kier alpha value is -2.01. The summed E-state index contributed by atoms with van der Waals surface area (Å²) in [7, 11) is 0. The summed E-state index contributed by atoms with van der Waals surface area (Å²) in [5.41, 5.74) is 3.16. The lowest BCUT2D eigenvalue weighted by Gasteiger charge is -1.97. The molecule has 0 saturated heterocycles. The highest BCUT2D eigenvalue weighted by Crippen LogP contribution is 2.20. The topological polar surface area (TPSA) is 33.1 Å². The van der Waals surface area contributed by atoms with Gasteiger partial charge < -0.3 is 0 Å². The van der Waals surface area contributed by atoms with Crippen LogP contribution in [-0.4, -0.2) is 14.6 Å². The Labute approximate surface area is 108 Å². The van der Waals surface area contributed by atoms with E-state index in [1.54, 1.807) is 10.6 Å². The number of rotatable bonds is 1. The van der Waals surface area contributed by atoms with Crippen LogP contribution < -0.4 is 0 Å². The predicted octanol–water partition coefficient (Wildman–Crippen LogP) is 3.51. The van der Waals surface area contributed by atoms with Gasteiger partial charge >= 0.3 is 0 Å². The van der Waals surface area contributed by atoms with Crippen LogP contribution in [0.5, 0.6) is 0 Å². The van der Waals surface area contributed by atoms with Gasteiger partial charge in [-0.25, -0.2) is 13.9 Å². The molecule has 90 valence electrons. The first-order chi connectivity index (χ1) is 8.63.